The van der Waals surface area contributed by atoms with Crippen molar-refractivity contribution in [3.8, 4) is 101 Å². The van der Waals surface area contributed by atoms with E-state index in [0.29, 0.717) is 0 Å². The summed E-state index contributed by atoms with van der Waals surface area (Å²) in [6.45, 7) is 34.6. The lowest BCUT2D eigenvalue weighted by Gasteiger charge is -2.48. The molecular weight excluding hydrogens is 1590 g/mol. The molecule has 0 saturated heterocycles. The second kappa shape index (κ2) is 28.1. The van der Waals surface area contributed by atoms with Crippen LogP contribution in [0.3, 0.4) is 0 Å². The fourth-order valence-corrected chi connectivity index (χ4v) is 22.9. The van der Waals surface area contributed by atoms with Crippen molar-refractivity contribution in [3.05, 3.63) is 368 Å². The van der Waals surface area contributed by atoms with Crippen LogP contribution in [0.5, 0.6) is 23.0 Å². The standard InChI is InChI=1S/C122H101B3N4O2/c1-118(2,3)80-54-58-97-89(62-80)91-64-82(120(7,8)9)66-95-114(91)126(97)102-70-105-110(116-108(102)123(95)96-67-83(121(10,11)12)65-92-90-63-81(119(4,5)6)55-59-98(90)129(116)115(92)96)125-94-57-53-79(73-38-24-17-25-39-73)61-104(94)131-117-109-103(71-106(130-105)111(117)125)128(113-87(76-44-30-20-31-45-76)50-35-51-88(113)77-46-32-21-33-47-77)101-69-84(122(13,14)15)68-100-107(101)124(109)93-56-52-78(72-36-22-16-23-37-72)60-99(93)127(100)112-85(74-40-26-18-27-41-74)48-34-49-86(112)75-42-28-19-29-43-75/h16-71H,1-15H3. The second-order valence-corrected chi connectivity index (χ2v) is 42.7. The quantitative estimate of drug-likeness (QED) is 0.142. The summed E-state index contributed by atoms with van der Waals surface area (Å²) in [4.78, 5) is 5.38. The van der Waals surface area contributed by atoms with Gasteiger partial charge in [-0.25, -0.2) is 0 Å². The molecule has 0 fully saturated rings. The van der Waals surface area contributed by atoms with Crippen LogP contribution >= 0.6 is 0 Å². The zero-order valence-electron chi connectivity index (χ0n) is 77.2. The Labute approximate surface area is 769 Å². The summed E-state index contributed by atoms with van der Waals surface area (Å²) in [5, 5.41) is 5.06. The van der Waals surface area contributed by atoms with Crippen LogP contribution in [0, 0.1) is 0 Å². The van der Waals surface area contributed by atoms with E-state index in [1.165, 1.54) is 99.0 Å². The Bertz CT molecular complexity index is 7980. The third kappa shape index (κ3) is 11.8. The van der Waals surface area contributed by atoms with Gasteiger partial charge in [0.15, 0.2) is 0 Å². The molecule has 0 atom stereocenters. The number of anilines is 6. The van der Waals surface area contributed by atoms with Crippen molar-refractivity contribution in [2.24, 2.45) is 0 Å². The number of ether oxygens (including phenoxy) is 2. The van der Waals surface area contributed by atoms with Gasteiger partial charge < -0.3 is 28.4 Å². The first-order valence-electron chi connectivity index (χ1n) is 46.9. The molecule has 0 saturated carbocycles. The van der Waals surface area contributed by atoms with Crippen LogP contribution in [0.1, 0.15) is 132 Å². The number of hydrogen-bond acceptors (Lipinski definition) is 4. The molecule has 0 aliphatic carbocycles. The minimum atomic E-state index is -0.473. The van der Waals surface area contributed by atoms with Gasteiger partial charge in [-0.2, -0.15) is 0 Å². The topological polar surface area (TPSA) is 34.8 Å². The molecule has 8 heterocycles. The molecule has 25 rings (SSSR count). The number of benzene rings is 17. The number of hydrogen-bond donors (Lipinski definition) is 0. The van der Waals surface area contributed by atoms with E-state index in [9.17, 15) is 0 Å². The fraction of sp³-hybridized carbons (Fsp3) is 0.164. The van der Waals surface area contributed by atoms with Crippen molar-refractivity contribution in [2.45, 2.75) is 131 Å². The minimum absolute atomic E-state index is 0.115. The Hall–Kier alpha value is -14.3. The first kappa shape index (κ1) is 78.9. The van der Waals surface area contributed by atoms with Crippen molar-refractivity contribution in [1.29, 1.82) is 0 Å². The maximum Gasteiger partial charge on any atom is 0.263 e. The van der Waals surface area contributed by atoms with Crippen molar-refractivity contribution < 1.29 is 9.47 Å². The molecule has 0 radical (unpaired) electrons. The number of rotatable bonds is 8. The van der Waals surface area contributed by atoms with Crippen LogP contribution in [-0.4, -0.2) is 29.3 Å². The number of nitrogens with zero attached hydrogens (tertiary/aromatic N) is 4. The third-order valence-corrected chi connectivity index (χ3v) is 29.5. The van der Waals surface area contributed by atoms with Crippen LogP contribution in [0.25, 0.3) is 122 Å². The molecule has 6 aliphatic heterocycles. The molecule has 6 aliphatic rings. The average molecular weight is 1690 g/mol. The monoisotopic (exact) mass is 1690 g/mol. The van der Waals surface area contributed by atoms with Gasteiger partial charge >= 0.3 is 0 Å². The van der Waals surface area contributed by atoms with Gasteiger partial charge in [-0.05, 0) is 204 Å². The van der Waals surface area contributed by atoms with Crippen LogP contribution < -0.4 is 68.4 Å². The number of para-hydroxylation sites is 2. The Morgan fingerprint density at radius 2 is 0.588 bits per heavy atom. The zero-order valence-corrected chi connectivity index (χ0v) is 77.2. The number of aromatic nitrogens is 2. The van der Waals surface area contributed by atoms with Gasteiger partial charge in [-0.15, -0.1) is 0 Å². The van der Waals surface area contributed by atoms with E-state index in [1.807, 2.05) is 0 Å². The lowest BCUT2D eigenvalue weighted by molar-refractivity contribution is 0.467. The first-order valence-corrected chi connectivity index (χ1v) is 46.9. The molecule has 0 N–H and O–H groups in total. The van der Waals surface area contributed by atoms with E-state index in [0.717, 1.165) is 157 Å². The van der Waals surface area contributed by atoms with E-state index >= 15 is 0 Å². The van der Waals surface area contributed by atoms with E-state index in [1.54, 1.807) is 0 Å². The van der Waals surface area contributed by atoms with Crippen molar-refractivity contribution in [2.75, 3.05) is 9.80 Å². The molecule has 0 amide bonds. The van der Waals surface area contributed by atoms with Crippen molar-refractivity contribution in [1.82, 2.24) is 9.13 Å². The summed E-state index contributed by atoms with van der Waals surface area (Å²) >= 11 is 0. The fourth-order valence-electron chi connectivity index (χ4n) is 22.9. The molecule has 0 bridgehead atoms. The summed E-state index contributed by atoms with van der Waals surface area (Å²) in [6.07, 6.45) is 0. The van der Waals surface area contributed by atoms with Crippen LogP contribution in [0.15, 0.2) is 340 Å². The molecule has 9 heteroatoms. The summed E-state index contributed by atoms with van der Waals surface area (Å²) < 4.78 is 22.7. The molecule has 630 valence electrons. The van der Waals surface area contributed by atoms with Gasteiger partial charge in [-0.3, -0.25) is 0 Å². The summed E-state index contributed by atoms with van der Waals surface area (Å²) in [5.74, 6) is 3.19. The highest BCUT2D eigenvalue weighted by Gasteiger charge is 2.55. The summed E-state index contributed by atoms with van der Waals surface area (Å²) in [6, 6.07) is 130. The van der Waals surface area contributed by atoms with E-state index in [2.05, 4.69) is 463 Å². The Kier molecular flexibility index (Phi) is 17.0. The molecule has 17 aromatic carbocycles. The van der Waals surface area contributed by atoms with Crippen molar-refractivity contribution >= 4 is 147 Å². The zero-order chi connectivity index (χ0) is 89.1. The van der Waals surface area contributed by atoms with E-state index < -0.39 is 18.8 Å². The second-order valence-electron chi connectivity index (χ2n) is 42.7. The largest absolute Gasteiger partial charge is 0.459 e. The molecular formula is C122H101B3N4O2. The highest BCUT2D eigenvalue weighted by Crippen LogP contribution is 2.57. The average Bonchev–Trinajstić information content (AvgIpc) is 1.61. The summed E-state index contributed by atoms with van der Waals surface area (Å²) in [5.41, 5.74) is 42.8. The first-order chi connectivity index (χ1) is 63.2. The SMILES string of the molecule is CC(C)(C)c1cc2c3c(c1)N(c1c(-c4ccccc4)cccc1-c1ccccc1)c1cc4c5c(c1B3c1ccc(-c3ccccc3)cc1N2c1c(-c2ccccc2)cccc1-c1ccccc1)Oc1cc(-c2ccccc2)ccc1B5c1c(cc2c3c1-n1c5ccc(C(C)(C)C)cc5c5cc(C(C)(C)C)cc(c51)B3c1cc(C(C)(C)C)cc3c5cc(C(C)(C)C)ccc5n-2c13)O4. The molecule has 0 unspecified atom stereocenters. The maximum absolute atomic E-state index is 8.63. The normalized spacial score (nSPS) is 13.8. The Balaban J connectivity index is 0.874. The van der Waals surface area contributed by atoms with Gasteiger partial charge in [0.25, 0.3) is 20.1 Å². The van der Waals surface area contributed by atoms with Crippen LogP contribution in [0.4, 0.5) is 34.1 Å². The molecule has 19 aromatic rings. The summed E-state index contributed by atoms with van der Waals surface area (Å²) in [7, 11) is 0. The lowest BCUT2D eigenvalue weighted by Crippen LogP contribution is -2.67. The van der Waals surface area contributed by atoms with Crippen LogP contribution in [-0.2, 0) is 27.1 Å². The highest BCUT2D eigenvalue weighted by molar-refractivity contribution is 7.05. The van der Waals surface area contributed by atoms with Gasteiger partial charge in [0.1, 0.15) is 23.0 Å². The van der Waals surface area contributed by atoms with Gasteiger partial charge in [0.05, 0.1) is 22.4 Å². The molecule has 0 spiro atoms. The van der Waals surface area contributed by atoms with Gasteiger partial charge in [-0.1, -0.05) is 371 Å². The highest BCUT2D eigenvalue weighted by atomic mass is 16.5. The van der Waals surface area contributed by atoms with Gasteiger partial charge in [0, 0.05) is 107 Å². The molecule has 131 heavy (non-hydrogen) atoms. The molecule has 6 nitrogen and oxygen atoms in total. The smallest absolute Gasteiger partial charge is 0.263 e. The van der Waals surface area contributed by atoms with Crippen molar-refractivity contribution in [3.63, 3.8) is 0 Å². The third-order valence-electron chi connectivity index (χ3n) is 29.5. The number of fused-ring (bicyclic) bond motifs is 20. The van der Waals surface area contributed by atoms with Crippen LogP contribution in [0.2, 0.25) is 0 Å². The predicted molar refractivity (Wildman–Crippen MR) is 558 cm³/mol. The van der Waals surface area contributed by atoms with E-state index in [-0.39, 0.29) is 28.4 Å². The van der Waals surface area contributed by atoms with Gasteiger partial charge in [0.2, 0.25) is 0 Å². The van der Waals surface area contributed by atoms with E-state index in [4.69, 9.17) is 9.47 Å². The minimum Gasteiger partial charge on any atom is -0.459 e. The maximum atomic E-state index is 8.63. The molecule has 2 aromatic heterocycles. The predicted octanol–water partition coefficient (Wildman–Crippen LogP) is 26.3. The lowest BCUT2D eigenvalue weighted by atomic mass is 9.28. The Morgan fingerprint density at radius 3 is 1.05 bits per heavy atom. The Morgan fingerprint density at radius 1 is 0.214 bits per heavy atom.